The largest absolute Gasteiger partial charge is 0.480 e. The number of carbonyl (C=O) groups excluding carboxylic acids is 1. The summed E-state index contributed by atoms with van der Waals surface area (Å²) in [6.45, 7) is 1.65. The van der Waals surface area contributed by atoms with Gasteiger partial charge in [-0.05, 0) is 31.4 Å². The molecule has 1 aromatic carbocycles. The van der Waals surface area contributed by atoms with E-state index in [0.717, 1.165) is 19.3 Å². The molecule has 7 heteroatoms. The van der Waals surface area contributed by atoms with Crippen molar-refractivity contribution in [1.82, 2.24) is 5.32 Å². The van der Waals surface area contributed by atoms with Crippen LogP contribution in [0.3, 0.4) is 0 Å². The van der Waals surface area contributed by atoms with E-state index < -0.39 is 22.3 Å². The molecule has 1 saturated carbocycles. The third kappa shape index (κ3) is 3.24. The molecule has 0 bridgehead atoms. The van der Waals surface area contributed by atoms with Crippen LogP contribution in [0.25, 0.3) is 0 Å². The highest BCUT2D eigenvalue weighted by molar-refractivity contribution is 5.98. The van der Waals surface area contributed by atoms with Gasteiger partial charge in [0.1, 0.15) is 5.54 Å². The predicted molar refractivity (Wildman–Crippen MR) is 78.8 cm³/mol. The lowest BCUT2D eigenvalue weighted by molar-refractivity contribution is -0.384. The zero-order valence-electron chi connectivity index (χ0n) is 12.3. The number of nitrogens with zero attached hydrogens (tertiary/aromatic N) is 1. The Morgan fingerprint density at radius 1 is 1.23 bits per heavy atom. The lowest BCUT2D eigenvalue weighted by Crippen LogP contribution is -2.55. The zero-order valence-corrected chi connectivity index (χ0v) is 12.3. The van der Waals surface area contributed by atoms with Crippen LogP contribution in [-0.4, -0.2) is 27.4 Å². The fourth-order valence-electron chi connectivity index (χ4n) is 2.84. The normalized spacial score (nSPS) is 16.8. The fraction of sp³-hybridized carbons (Fsp3) is 0.467. The number of benzene rings is 1. The number of carboxylic acid groups (broad SMARTS) is 1. The molecule has 2 rings (SSSR count). The molecule has 1 amide bonds. The average Bonchev–Trinajstić information content (AvgIpc) is 2.47. The molecule has 0 heterocycles. The molecule has 0 aliphatic heterocycles. The molecule has 0 atom stereocenters. The van der Waals surface area contributed by atoms with Crippen molar-refractivity contribution in [3.05, 3.63) is 39.4 Å². The standard InChI is InChI=1S/C15H18N2O5/c1-10-7-11(9-12(8-10)17(21)22)13(18)16-15(14(19)20)5-3-2-4-6-15/h7-9H,2-6H2,1H3,(H,16,18)(H,19,20). The number of carboxylic acids is 1. The minimum Gasteiger partial charge on any atom is -0.480 e. The molecule has 0 aromatic heterocycles. The summed E-state index contributed by atoms with van der Waals surface area (Å²) in [6.07, 6.45) is 3.17. The molecule has 1 aromatic rings. The van der Waals surface area contributed by atoms with Gasteiger partial charge in [-0.15, -0.1) is 0 Å². The number of amides is 1. The van der Waals surface area contributed by atoms with Crippen molar-refractivity contribution in [1.29, 1.82) is 0 Å². The summed E-state index contributed by atoms with van der Waals surface area (Å²) in [5.74, 6) is -1.64. The molecular formula is C15H18N2O5. The highest BCUT2D eigenvalue weighted by Gasteiger charge is 2.41. The summed E-state index contributed by atoms with van der Waals surface area (Å²) in [6, 6.07) is 4.05. The van der Waals surface area contributed by atoms with E-state index in [1.165, 1.54) is 18.2 Å². The van der Waals surface area contributed by atoms with Crippen LogP contribution in [0.15, 0.2) is 18.2 Å². The summed E-state index contributed by atoms with van der Waals surface area (Å²) in [5.41, 5.74) is -0.767. The van der Waals surface area contributed by atoms with E-state index in [1.807, 2.05) is 0 Å². The van der Waals surface area contributed by atoms with Crippen molar-refractivity contribution in [2.24, 2.45) is 0 Å². The van der Waals surface area contributed by atoms with Crippen molar-refractivity contribution >= 4 is 17.6 Å². The van der Waals surface area contributed by atoms with Gasteiger partial charge in [-0.2, -0.15) is 0 Å². The summed E-state index contributed by atoms with van der Waals surface area (Å²) in [7, 11) is 0. The Balaban J connectivity index is 2.27. The second-order valence-electron chi connectivity index (χ2n) is 5.72. The molecule has 0 saturated heterocycles. The van der Waals surface area contributed by atoms with Crippen molar-refractivity contribution in [2.75, 3.05) is 0 Å². The Hall–Kier alpha value is -2.44. The lowest BCUT2D eigenvalue weighted by atomic mass is 9.81. The van der Waals surface area contributed by atoms with Crippen LogP contribution in [-0.2, 0) is 4.79 Å². The van der Waals surface area contributed by atoms with Gasteiger partial charge >= 0.3 is 5.97 Å². The summed E-state index contributed by atoms with van der Waals surface area (Å²) < 4.78 is 0. The molecule has 0 unspecified atom stereocenters. The second-order valence-corrected chi connectivity index (χ2v) is 5.72. The number of aryl methyl sites for hydroxylation is 1. The Bertz CT molecular complexity index is 620. The molecule has 1 fully saturated rings. The van der Waals surface area contributed by atoms with Crippen LogP contribution in [0, 0.1) is 17.0 Å². The number of rotatable bonds is 4. The lowest BCUT2D eigenvalue weighted by Gasteiger charge is -2.34. The molecule has 1 aliphatic carbocycles. The quantitative estimate of drug-likeness (QED) is 0.655. The number of nitro groups is 1. The van der Waals surface area contributed by atoms with E-state index in [2.05, 4.69) is 5.32 Å². The minimum absolute atomic E-state index is 0.109. The first-order valence-corrected chi connectivity index (χ1v) is 7.16. The maximum absolute atomic E-state index is 12.4. The van der Waals surface area contributed by atoms with E-state index in [9.17, 15) is 24.8 Å². The number of nitrogens with one attached hydrogen (secondary N) is 1. The van der Waals surface area contributed by atoms with Gasteiger partial charge in [0.25, 0.3) is 11.6 Å². The Kier molecular flexibility index (Phi) is 4.44. The van der Waals surface area contributed by atoms with Gasteiger partial charge < -0.3 is 10.4 Å². The third-order valence-electron chi connectivity index (χ3n) is 4.00. The molecule has 1 aliphatic rings. The van der Waals surface area contributed by atoms with Gasteiger partial charge in [-0.25, -0.2) is 4.79 Å². The van der Waals surface area contributed by atoms with E-state index in [0.29, 0.717) is 18.4 Å². The molecule has 22 heavy (non-hydrogen) atoms. The van der Waals surface area contributed by atoms with Gasteiger partial charge in [-0.1, -0.05) is 19.3 Å². The molecule has 7 nitrogen and oxygen atoms in total. The van der Waals surface area contributed by atoms with Gasteiger partial charge in [0, 0.05) is 17.7 Å². The Morgan fingerprint density at radius 2 is 1.86 bits per heavy atom. The van der Waals surface area contributed by atoms with E-state index in [4.69, 9.17) is 0 Å². The molecular weight excluding hydrogens is 288 g/mol. The van der Waals surface area contributed by atoms with Crippen molar-refractivity contribution in [3.63, 3.8) is 0 Å². The van der Waals surface area contributed by atoms with Crippen LogP contribution in [0.1, 0.15) is 48.0 Å². The van der Waals surface area contributed by atoms with Gasteiger partial charge in [0.15, 0.2) is 0 Å². The van der Waals surface area contributed by atoms with Gasteiger partial charge in [0.2, 0.25) is 0 Å². The number of aliphatic carboxylic acids is 1. The zero-order chi connectivity index (χ0) is 16.3. The summed E-state index contributed by atoms with van der Waals surface area (Å²) in [4.78, 5) is 34.2. The van der Waals surface area contributed by atoms with E-state index in [-0.39, 0.29) is 11.3 Å². The molecule has 0 radical (unpaired) electrons. The number of carbonyl (C=O) groups is 2. The first-order chi connectivity index (χ1) is 10.3. The monoisotopic (exact) mass is 306 g/mol. The maximum atomic E-state index is 12.4. The summed E-state index contributed by atoms with van der Waals surface area (Å²) in [5, 5.41) is 22.9. The van der Waals surface area contributed by atoms with Crippen LogP contribution in [0.4, 0.5) is 5.69 Å². The van der Waals surface area contributed by atoms with Crippen LogP contribution >= 0.6 is 0 Å². The van der Waals surface area contributed by atoms with Gasteiger partial charge in [0.05, 0.1) is 4.92 Å². The SMILES string of the molecule is Cc1cc(C(=O)NC2(C(=O)O)CCCCC2)cc([N+](=O)[O-])c1. The van der Waals surface area contributed by atoms with Crippen LogP contribution in [0.2, 0.25) is 0 Å². The first kappa shape index (κ1) is 15.9. The maximum Gasteiger partial charge on any atom is 0.329 e. The highest BCUT2D eigenvalue weighted by Crippen LogP contribution is 2.29. The third-order valence-corrected chi connectivity index (χ3v) is 4.00. The first-order valence-electron chi connectivity index (χ1n) is 7.16. The van der Waals surface area contributed by atoms with Crippen molar-refractivity contribution in [3.8, 4) is 0 Å². The van der Waals surface area contributed by atoms with Crippen molar-refractivity contribution < 1.29 is 19.6 Å². The van der Waals surface area contributed by atoms with E-state index >= 15 is 0 Å². The predicted octanol–water partition coefficient (Wildman–Crippen LogP) is 2.42. The Labute approximate surface area is 127 Å². The van der Waals surface area contributed by atoms with Crippen LogP contribution in [0.5, 0.6) is 0 Å². The van der Waals surface area contributed by atoms with Crippen molar-refractivity contribution in [2.45, 2.75) is 44.6 Å². The smallest absolute Gasteiger partial charge is 0.329 e. The molecule has 0 spiro atoms. The number of hydrogen-bond donors (Lipinski definition) is 2. The average molecular weight is 306 g/mol. The second kappa shape index (κ2) is 6.13. The Morgan fingerprint density at radius 3 is 2.41 bits per heavy atom. The minimum atomic E-state index is -1.27. The number of non-ortho nitro benzene ring substituents is 1. The molecule has 118 valence electrons. The fourth-order valence-corrected chi connectivity index (χ4v) is 2.84. The van der Waals surface area contributed by atoms with Gasteiger partial charge in [-0.3, -0.25) is 14.9 Å². The van der Waals surface area contributed by atoms with E-state index in [1.54, 1.807) is 6.92 Å². The molecule has 2 N–H and O–H groups in total. The van der Waals surface area contributed by atoms with Crippen LogP contribution < -0.4 is 5.32 Å². The summed E-state index contributed by atoms with van der Waals surface area (Å²) >= 11 is 0. The topological polar surface area (TPSA) is 110 Å². The highest BCUT2D eigenvalue weighted by atomic mass is 16.6. The number of nitro benzene ring substituents is 1. The number of hydrogen-bond acceptors (Lipinski definition) is 4.